The molecule has 0 amide bonds. The number of imidazole rings is 1. The number of fused-ring (bicyclic) bond motifs is 1. The number of aryl methyl sites for hydroxylation is 1. The Bertz CT molecular complexity index is 523. The maximum absolute atomic E-state index is 13.3. The lowest BCUT2D eigenvalue weighted by Gasteiger charge is -2.01. The van der Waals surface area contributed by atoms with Crippen molar-refractivity contribution in [3.8, 4) is 0 Å². The lowest BCUT2D eigenvalue weighted by Crippen LogP contribution is -2.00. The summed E-state index contributed by atoms with van der Waals surface area (Å²) >= 11 is 5.49. The third-order valence-electron chi connectivity index (χ3n) is 1.92. The molecule has 0 aliphatic rings. The summed E-state index contributed by atoms with van der Waals surface area (Å²) in [4.78, 5) is 3.66. The van der Waals surface area contributed by atoms with Crippen molar-refractivity contribution in [3.63, 3.8) is 0 Å². The minimum atomic E-state index is -2.77. The van der Waals surface area contributed by atoms with E-state index in [0.29, 0.717) is 4.52 Å². The first kappa shape index (κ1) is 10.2. The van der Waals surface area contributed by atoms with Gasteiger partial charge in [-0.05, 0) is 13.0 Å². The van der Waals surface area contributed by atoms with E-state index in [2.05, 4.69) is 10.1 Å². The first-order valence-corrected chi connectivity index (χ1v) is 4.38. The van der Waals surface area contributed by atoms with Gasteiger partial charge < -0.3 is 0 Å². The third kappa shape index (κ3) is 1.54. The molecule has 0 radical (unpaired) electrons. The number of hydrogen-bond donors (Lipinski definition) is 0. The van der Waals surface area contributed by atoms with Gasteiger partial charge >= 0.3 is 0 Å². The van der Waals surface area contributed by atoms with Gasteiger partial charge in [0.05, 0.1) is 11.3 Å². The molecule has 0 saturated heterocycles. The van der Waals surface area contributed by atoms with Crippen LogP contribution in [0.4, 0.5) is 13.2 Å². The summed E-state index contributed by atoms with van der Waals surface area (Å²) in [5, 5.41) is 3.35. The Morgan fingerprint density at radius 2 is 2.13 bits per heavy atom. The Hall–Kier alpha value is -1.30. The predicted octanol–water partition coefficient (Wildman–Crippen LogP) is 2.77. The highest BCUT2D eigenvalue weighted by atomic mass is 35.5. The molecule has 0 aliphatic carbocycles. The fourth-order valence-corrected chi connectivity index (χ4v) is 1.45. The Kier molecular flexibility index (Phi) is 2.30. The highest BCUT2D eigenvalue weighted by Crippen LogP contribution is 2.26. The van der Waals surface area contributed by atoms with Crippen LogP contribution in [-0.2, 0) is 0 Å². The summed E-state index contributed by atoms with van der Waals surface area (Å²) in [6.45, 7) is 1.37. The number of hydrogen-bond acceptors (Lipinski definition) is 2. The van der Waals surface area contributed by atoms with Crippen molar-refractivity contribution in [1.29, 1.82) is 0 Å². The van der Waals surface area contributed by atoms with Crippen molar-refractivity contribution in [1.82, 2.24) is 14.6 Å². The van der Waals surface area contributed by atoms with Crippen molar-refractivity contribution in [2.75, 3.05) is 0 Å². The first-order chi connectivity index (χ1) is 7.00. The SMILES string of the molecule is Cc1nc2c(C(F)F)cc(Cl)nn2c1F. The van der Waals surface area contributed by atoms with Crippen LogP contribution >= 0.6 is 11.6 Å². The molecule has 3 nitrogen and oxygen atoms in total. The van der Waals surface area contributed by atoms with Crippen molar-refractivity contribution >= 4 is 17.2 Å². The molecule has 0 N–H and O–H groups in total. The zero-order valence-electron chi connectivity index (χ0n) is 7.51. The summed E-state index contributed by atoms with van der Waals surface area (Å²) in [6, 6.07) is 0.980. The lowest BCUT2D eigenvalue weighted by atomic mass is 10.3. The monoisotopic (exact) mass is 235 g/mol. The number of halogens is 4. The van der Waals surface area contributed by atoms with E-state index in [9.17, 15) is 13.2 Å². The normalized spacial score (nSPS) is 11.6. The molecule has 7 heteroatoms. The second-order valence-corrected chi connectivity index (χ2v) is 3.33. The summed E-state index contributed by atoms with van der Waals surface area (Å²) in [7, 11) is 0. The summed E-state index contributed by atoms with van der Waals surface area (Å²) in [5.74, 6) is -0.783. The van der Waals surface area contributed by atoms with Crippen molar-refractivity contribution in [2.45, 2.75) is 13.3 Å². The van der Waals surface area contributed by atoms with Gasteiger partial charge in [-0.25, -0.2) is 13.8 Å². The average molecular weight is 236 g/mol. The van der Waals surface area contributed by atoms with E-state index in [-0.39, 0.29) is 16.5 Å². The van der Waals surface area contributed by atoms with Gasteiger partial charge in [-0.15, -0.1) is 0 Å². The number of nitrogens with zero attached hydrogens (tertiary/aromatic N) is 3. The molecule has 2 rings (SSSR count). The molecule has 0 fully saturated rings. The molecule has 0 aliphatic heterocycles. The summed E-state index contributed by atoms with van der Waals surface area (Å²) < 4.78 is 39.1. The summed E-state index contributed by atoms with van der Waals surface area (Å²) in [6.07, 6.45) is -2.77. The largest absolute Gasteiger partial charge is 0.267 e. The fraction of sp³-hybridized carbons (Fsp3) is 0.250. The molecule has 0 aromatic carbocycles. The maximum atomic E-state index is 13.3. The van der Waals surface area contributed by atoms with Gasteiger partial charge in [-0.3, -0.25) is 0 Å². The molecule has 15 heavy (non-hydrogen) atoms. The van der Waals surface area contributed by atoms with Crippen LogP contribution in [-0.4, -0.2) is 14.6 Å². The molecule has 2 heterocycles. The van der Waals surface area contributed by atoms with Gasteiger partial charge in [-0.2, -0.15) is 14.0 Å². The standard InChI is InChI=1S/C8H5ClF3N3/c1-3-7(12)15-8(13-3)4(6(10)11)2-5(9)14-15/h2,6H,1H3. The number of rotatable bonds is 1. The zero-order chi connectivity index (χ0) is 11.2. The highest BCUT2D eigenvalue weighted by Gasteiger charge is 2.19. The zero-order valence-corrected chi connectivity index (χ0v) is 8.26. The lowest BCUT2D eigenvalue weighted by molar-refractivity contribution is 0.152. The number of alkyl halides is 2. The van der Waals surface area contributed by atoms with Crippen LogP contribution in [0.2, 0.25) is 5.15 Å². The first-order valence-electron chi connectivity index (χ1n) is 4.00. The molecule has 80 valence electrons. The Morgan fingerprint density at radius 1 is 1.47 bits per heavy atom. The minimum Gasteiger partial charge on any atom is -0.229 e. The molecule has 2 aromatic rings. The van der Waals surface area contributed by atoms with Crippen LogP contribution in [0, 0.1) is 12.9 Å². The van der Waals surface area contributed by atoms with Crippen molar-refractivity contribution < 1.29 is 13.2 Å². The van der Waals surface area contributed by atoms with Gasteiger partial charge in [0.25, 0.3) is 6.43 Å². The summed E-state index contributed by atoms with van der Waals surface area (Å²) in [5.41, 5.74) is -0.627. The van der Waals surface area contributed by atoms with Crippen LogP contribution in [0.5, 0.6) is 0 Å². The van der Waals surface area contributed by atoms with Gasteiger partial charge in [0.15, 0.2) is 10.8 Å². The topological polar surface area (TPSA) is 30.2 Å². The average Bonchev–Trinajstić information content (AvgIpc) is 2.43. The van der Waals surface area contributed by atoms with E-state index < -0.39 is 17.9 Å². The van der Waals surface area contributed by atoms with Crippen molar-refractivity contribution in [3.05, 3.63) is 28.4 Å². The Labute approximate surface area is 87.5 Å². The molecular weight excluding hydrogens is 231 g/mol. The molecule has 0 bridgehead atoms. The second-order valence-electron chi connectivity index (χ2n) is 2.95. The van der Waals surface area contributed by atoms with Crippen LogP contribution in [0.25, 0.3) is 5.65 Å². The maximum Gasteiger partial charge on any atom is 0.267 e. The van der Waals surface area contributed by atoms with E-state index in [1.807, 2.05) is 0 Å². The molecular formula is C8H5ClF3N3. The fourth-order valence-electron chi connectivity index (χ4n) is 1.25. The molecule has 0 atom stereocenters. The van der Waals surface area contributed by atoms with E-state index in [1.165, 1.54) is 6.92 Å². The van der Waals surface area contributed by atoms with Crippen LogP contribution in [0.15, 0.2) is 6.07 Å². The number of aromatic nitrogens is 3. The van der Waals surface area contributed by atoms with E-state index >= 15 is 0 Å². The Balaban J connectivity index is 2.86. The molecule has 0 unspecified atom stereocenters. The second kappa shape index (κ2) is 3.37. The van der Waals surface area contributed by atoms with Gasteiger partial charge in [-0.1, -0.05) is 11.6 Å². The molecule has 0 saturated carbocycles. The van der Waals surface area contributed by atoms with E-state index in [0.717, 1.165) is 6.07 Å². The van der Waals surface area contributed by atoms with Crippen LogP contribution in [0.3, 0.4) is 0 Å². The van der Waals surface area contributed by atoms with Crippen LogP contribution < -0.4 is 0 Å². The van der Waals surface area contributed by atoms with Crippen LogP contribution in [0.1, 0.15) is 17.7 Å². The predicted molar refractivity (Wildman–Crippen MR) is 47.6 cm³/mol. The Morgan fingerprint density at radius 3 is 2.73 bits per heavy atom. The minimum absolute atomic E-state index is 0.00617. The highest BCUT2D eigenvalue weighted by molar-refractivity contribution is 6.29. The molecule has 0 spiro atoms. The quantitative estimate of drug-likeness (QED) is 0.761. The van der Waals surface area contributed by atoms with Gasteiger partial charge in [0.1, 0.15) is 0 Å². The third-order valence-corrected chi connectivity index (χ3v) is 2.11. The van der Waals surface area contributed by atoms with E-state index in [4.69, 9.17) is 11.6 Å². The smallest absolute Gasteiger partial charge is 0.229 e. The van der Waals surface area contributed by atoms with Gasteiger partial charge in [0.2, 0.25) is 5.95 Å². The molecule has 2 aromatic heterocycles. The van der Waals surface area contributed by atoms with Crippen molar-refractivity contribution in [2.24, 2.45) is 0 Å². The van der Waals surface area contributed by atoms with E-state index in [1.54, 1.807) is 0 Å². The van der Waals surface area contributed by atoms with Gasteiger partial charge in [0, 0.05) is 0 Å².